The molecule has 1 aromatic rings. The molecule has 0 bridgehead atoms. The Labute approximate surface area is 66.1 Å². The van der Waals surface area contributed by atoms with Gasteiger partial charge in [0.2, 0.25) is 12.8 Å². The van der Waals surface area contributed by atoms with Gasteiger partial charge in [0.05, 0.1) is 0 Å². The van der Waals surface area contributed by atoms with E-state index in [4.69, 9.17) is 0 Å². The number of nitrogens with one attached hydrogen (secondary N) is 4. The zero-order valence-electron chi connectivity index (χ0n) is 5.88. The van der Waals surface area contributed by atoms with E-state index in [1.807, 2.05) is 0 Å². The quantitative estimate of drug-likeness (QED) is 0.428. The van der Waals surface area contributed by atoms with E-state index in [1.165, 1.54) is 0 Å². The summed E-state index contributed by atoms with van der Waals surface area (Å²) in [6, 6.07) is 0. The van der Waals surface area contributed by atoms with Gasteiger partial charge in [-0.25, -0.2) is 0 Å². The second-order valence-corrected chi connectivity index (χ2v) is 1.85. The number of hydrogen-bond donors (Lipinski definition) is 4. The van der Waals surface area contributed by atoms with Crippen LogP contribution in [0.2, 0.25) is 0 Å². The van der Waals surface area contributed by atoms with E-state index in [2.05, 4.69) is 20.8 Å². The Morgan fingerprint density at radius 3 is 2.33 bits per heavy atom. The SMILES string of the molecule is O=CNc1[nH][nH]c(=O)c1NC=O. The molecule has 0 aromatic carbocycles. The van der Waals surface area contributed by atoms with Gasteiger partial charge in [-0.2, -0.15) is 0 Å². The maximum absolute atomic E-state index is 10.8. The van der Waals surface area contributed by atoms with Crippen molar-refractivity contribution in [1.82, 2.24) is 10.2 Å². The molecule has 7 nitrogen and oxygen atoms in total. The van der Waals surface area contributed by atoms with Crippen LogP contribution < -0.4 is 16.2 Å². The fourth-order valence-corrected chi connectivity index (χ4v) is 0.722. The smallest absolute Gasteiger partial charge is 0.289 e. The Bertz CT molecular complexity index is 339. The normalized spacial score (nSPS) is 9.00. The Morgan fingerprint density at radius 2 is 1.75 bits per heavy atom. The van der Waals surface area contributed by atoms with Crippen LogP contribution in [0.3, 0.4) is 0 Å². The summed E-state index contributed by atoms with van der Waals surface area (Å²) in [7, 11) is 0. The molecule has 64 valence electrons. The highest BCUT2D eigenvalue weighted by Crippen LogP contribution is 2.09. The minimum atomic E-state index is -0.508. The number of anilines is 2. The Hall–Kier alpha value is -2.05. The molecule has 1 aromatic heterocycles. The molecule has 0 atom stereocenters. The van der Waals surface area contributed by atoms with Crippen molar-refractivity contribution in [2.45, 2.75) is 0 Å². The van der Waals surface area contributed by atoms with Gasteiger partial charge in [-0.3, -0.25) is 24.6 Å². The molecule has 0 aliphatic rings. The van der Waals surface area contributed by atoms with Gasteiger partial charge < -0.3 is 10.6 Å². The van der Waals surface area contributed by atoms with Crippen molar-refractivity contribution < 1.29 is 9.59 Å². The minimum absolute atomic E-state index is 0.0166. The molecule has 4 N–H and O–H groups in total. The second kappa shape index (κ2) is 3.37. The molecule has 0 aliphatic heterocycles. The Balaban J connectivity index is 3.02. The van der Waals surface area contributed by atoms with Gasteiger partial charge in [0.25, 0.3) is 5.56 Å². The topological polar surface area (TPSA) is 107 Å². The van der Waals surface area contributed by atoms with Crippen molar-refractivity contribution in [3.63, 3.8) is 0 Å². The molecule has 0 fully saturated rings. The first-order valence-electron chi connectivity index (χ1n) is 3.00. The fraction of sp³-hybridized carbons (Fsp3) is 0. The summed E-state index contributed by atoms with van der Waals surface area (Å²) < 4.78 is 0. The lowest BCUT2D eigenvalue weighted by Gasteiger charge is -1.95. The molecule has 0 saturated heterocycles. The highest BCUT2D eigenvalue weighted by molar-refractivity contribution is 5.83. The number of rotatable bonds is 4. The van der Waals surface area contributed by atoms with Crippen LogP contribution in [0.15, 0.2) is 4.79 Å². The lowest BCUT2D eigenvalue weighted by atomic mass is 10.5. The number of aromatic nitrogens is 2. The first kappa shape index (κ1) is 8.05. The number of aromatic amines is 2. The molecule has 1 rings (SSSR count). The molecule has 0 saturated carbocycles. The predicted octanol–water partition coefficient (Wildman–Crippen LogP) is -1.16. The monoisotopic (exact) mass is 170 g/mol. The number of amides is 2. The maximum Gasteiger partial charge on any atom is 0.289 e. The van der Waals surface area contributed by atoms with Crippen LogP contribution in [-0.2, 0) is 9.59 Å². The highest BCUT2D eigenvalue weighted by atomic mass is 16.1. The highest BCUT2D eigenvalue weighted by Gasteiger charge is 2.06. The molecule has 2 amide bonds. The number of carbonyl (C=O) groups excluding carboxylic acids is 2. The van der Waals surface area contributed by atoms with Crippen molar-refractivity contribution in [3.05, 3.63) is 10.4 Å². The van der Waals surface area contributed by atoms with Crippen LogP contribution in [0.4, 0.5) is 11.5 Å². The van der Waals surface area contributed by atoms with E-state index in [1.54, 1.807) is 0 Å². The summed E-state index contributed by atoms with van der Waals surface area (Å²) in [5.41, 5.74) is -0.524. The second-order valence-electron chi connectivity index (χ2n) is 1.85. The number of hydrogen-bond acceptors (Lipinski definition) is 3. The van der Waals surface area contributed by atoms with E-state index in [0.29, 0.717) is 12.8 Å². The van der Waals surface area contributed by atoms with Gasteiger partial charge in [0.15, 0.2) is 11.5 Å². The van der Waals surface area contributed by atoms with Crippen molar-refractivity contribution in [1.29, 1.82) is 0 Å². The van der Waals surface area contributed by atoms with Crippen molar-refractivity contribution in [3.8, 4) is 0 Å². The molecule has 0 spiro atoms. The van der Waals surface area contributed by atoms with Gasteiger partial charge in [-0.1, -0.05) is 0 Å². The molecular formula is C5H6N4O3. The van der Waals surface area contributed by atoms with Crippen LogP contribution in [0.1, 0.15) is 0 Å². The van der Waals surface area contributed by atoms with Crippen LogP contribution >= 0.6 is 0 Å². The lowest BCUT2D eigenvalue weighted by molar-refractivity contribution is -0.106. The van der Waals surface area contributed by atoms with E-state index in [0.717, 1.165) is 0 Å². The molecule has 0 radical (unpaired) electrons. The zero-order chi connectivity index (χ0) is 8.97. The molecule has 1 heterocycles. The third-order valence-corrected chi connectivity index (χ3v) is 1.18. The van der Waals surface area contributed by atoms with Crippen LogP contribution in [-0.4, -0.2) is 23.0 Å². The summed E-state index contributed by atoms with van der Waals surface area (Å²) in [5, 5.41) is 8.87. The average Bonchev–Trinajstić information content (AvgIpc) is 2.37. The fourth-order valence-electron chi connectivity index (χ4n) is 0.722. The van der Waals surface area contributed by atoms with Crippen molar-refractivity contribution in [2.24, 2.45) is 0 Å². The van der Waals surface area contributed by atoms with E-state index < -0.39 is 5.56 Å². The number of carbonyl (C=O) groups is 2. The van der Waals surface area contributed by atoms with Crippen LogP contribution in [0.5, 0.6) is 0 Å². The predicted molar refractivity (Wildman–Crippen MR) is 40.8 cm³/mol. The number of H-pyrrole nitrogens is 2. The largest absolute Gasteiger partial charge is 0.321 e. The van der Waals surface area contributed by atoms with E-state index in [-0.39, 0.29) is 11.5 Å². The van der Waals surface area contributed by atoms with E-state index >= 15 is 0 Å². The van der Waals surface area contributed by atoms with E-state index in [9.17, 15) is 14.4 Å². The standard InChI is InChI=1S/C5H6N4O3/c10-1-6-3-4(7-2-11)8-9-5(3)12/h1-2H,(H,6,10)(H3,7,8,9,11,12). The zero-order valence-corrected chi connectivity index (χ0v) is 5.88. The molecule has 7 heteroatoms. The molecule has 0 aliphatic carbocycles. The minimum Gasteiger partial charge on any atom is -0.321 e. The average molecular weight is 170 g/mol. The molecule has 12 heavy (non-hydrogen) atoms. The van der Waals surface area contributed by atoms with Gasteiger partial charge >= 0.3 is 0 Å². The van der Waals surface area contributed by atoms with Gasteiger partial charge in [-0.15, -0.1) is 0 Å². The molecule has 0 unspecified atom stereocenters. The third-order valence-electron chi connectivity index (χ3n) is 1.18. The Morgan fingerprint density at radius 1 is 1.08 bits per heavy atom. The maximum atomic E-state index is 10.8. The summed E-state index contributed by atoms with van der Waals surface area (Å²) in [6.45, 7) is 0. The molecular weight excluding hydrogens is 164 g/mol. The van der Waals surface area contributed by atoms with Gasteiger partial charge in [0, 0.05) is 0 Å². The van der Waals surface area contributed by atoms with Crippen molar-refractivity contribution in [2.75, 3.05) is 10.6 Å². The van der Waals surface area contributed by atoms with Crippen LogP contribution in [0.25, 0.3) is 0 Å². The van der Waals surface area contributed by atoms with Gasteiger partial charge in [0.1, 0.15) is 0 Å². The van der Waals surface area contributed by atoms with Gasteiger partial charge in [-0.05, 0) is 0 Å². The third kappa shape index (κ3) is 1.34. The lowest BCUT2D eigenvalue weighted by Crippen LogP contribution is -2.08. The first-order valence-corrected chi connectivity index (χ1v) is 3.00. The summed E-state index contributed by atoms with van der Waals surface area (Å²) >= 11 is 0. The first-order chi connectivity index (χ1) is 5.79. The van der Waals surface area contributed by atoms with Crippen LogP contribution in [0, 0.1) is 0 Å². The Kier molecular flexibility index (Phi) is 2.26. The summed E-state index contributed by atoms with van der Waals surface area (Å²) in [5.74, 6) is 0.127. The summed E-state index contributed by atoms with van der Waals surface area (Å²) in [4.78, 5) is 30.8. The summed E-state index contributed by atoms with van der Waals surface area (Å²) in [6.07, 6.45) is 0.726. The van der Waals surface area contributed by atoms with Crippen molar-refractivity contribution >= 4 is 24.3 Å².